The normalized spacial score (nSPS) is 15.3. The van der Waals surface area contributed by atoms with Crippen LogP contribution in [0.3, 0.4) is 0 Å². The zero-order valence-corrected chi connectivity index (χ0v) is 12.4. The summed E-state index contributed by atoms with van der Waals surface area (Å²) >= 11 is 0. The van der Waals surface area contributed by atoms with Crippen LogP contribution in [0.15, 0.2) is 65.3 Å². The van der Waals surface area contributed by atoms with Crippen LogP contribution in [0, 0.1) is 0 Å². The van der Waals surface area contributed by atoms with Crippen LogP contribution in [-0.2, 0) is 14.3 Å². The molecule has 0 aliphatic carbocycles. The second-order valence-corrected chi connectivity index (χ2v) is 4.87. The van der Waals surface area contributed by atoms with Gasteiger partial charge in [0.05, 0.1) is 0 Å². The third kappa shape index (κ3) is 3.52. The van der Waals surface area contributed by atoms with Gasteiger partial charge in [-0.05, 0) is 35.9 Å². The van der Waals surface area contributed by atoms with E-state index in [1.165, 1.54) is 6.92 Å². The fourth-order valence-corrected chi connectivity index (χ4v) is 2.11. The lowest BCUT2D eigenvalue weighted by atomic mass is 10.2. The first-order chi connectivity index (χ1) is 11.1. The van der Waals surface area contributed by atoms with Gasteiger partial charge in [0.25, 0.3) is 0 Å². The minimum Gasteiger partial charge on any atom is -0.427 e. The van der Waals surface area contributed by atoms with E-state index < -0.39 is 11.9 Å². The fourth-order valence-electron chi connectivity index (χ4n) is 2.11. The number of hydrogen-bond donors (Lipinski definition) is 0. The van der Waals surface area contributed by atoms with Crippen molar-refractivity contribution in [2.24, 2.45) is 4.99 Å². The van der Waals surface area contributed by atoms with Gasteiger partial charge in [0.2, 0.25) is 5.90 Å². The number of cyclic esters (lactones) is 1. The van der Waals surface area contributed by atoms with Crippen LogP contribution in [0.1, 0.15) is 18.1 Å². The van der Waals surface area contributed by atoms with Crippen LogP contribution in [0.25, 0.3) is 6.08 Å². The molecular formula is C18H13NO4. The van der Waals surface area contributed by atoms with Gasteiger partial charge in [0.15, 0.2) is 5.70 Å². The highest BCUT2D eigenvalue weighted by molar-refractivity contribution is 6.12. The highest BCUT2D eigenvalue weighted by Gasteiger charge is 2.23. The summed E-state index contributed by atoms with van der Waals surface area (Å²) in [6.07, 6.45) is 1.59. The summed E-state index contributed by atoms with van der Waals surface area (Å²) in [6.45, 7) is 1.33. The van der Waals surface area contributed by atoms with Crippen molar-refractivity contribution in [3.63, 3.8) is 0 Å². The van der Waals surface area contributed by atoms with E-state index in [-0.39, 0.29) is 11.6 Å². The Labute approximate surface area is 132 Å². The van der Waals surface area contributed by atoms with Crippen LogP contribution in [-0.4, -0.2) is 17.8 Å². The molecule has 0 amide bonds. The second kappa shape index (κ2) is 6.27. The zero-order valence-electron chi connectivity index (χ0n) is 12.4. The molecule has 5 heteroatoms. The Hall–Kier alpha value is -3.21. The molecule has 0 fully saturated rings. The average Bonchev–Trinajstić information content (AvgIpc) is 2.89. The van der Waals surface area contributed by atoms with Crippen molar-refractivity contribution in [2.45, 2.75) is 6.92 Å². The monoisotopic (exact) mass is 307 g/mol. The lowest BCUT2D eigenvalue weighted by Crippen LogP contribution is -2.05. The Morgan fingerprint density at radius 2 is 1.91 bits per heavy atom. The van der Waals surface area contributed by atoms with E-state index in [4.69, 9.17) is 9.47 Å². The number of ether oxygens (including phenoxy) is 2. The predicted molar refractivity (Wildman–Crippen MR) is 84.8 cm³/mol. The van der Waals surface area contributed by atoms with E-state index in [2.05, 4.69) is 4.99 Å². The first-order valence-corrected chi connectivity index (χ1v) is 6.98. The summed E-state index contributed by atoms with van der Waals surface area (Å²) in [6, 6.07) is 16.0. The summed E-state index contributed by atoms with van der Waals surface area (Å²) < 4.78 is 10.2. The standard InChI is InChI=1S/C18H13NO4/c1-12(20)22-15-9-5-6-13(10-15)11-16-18(21)23-17(19-16)14-7-3-2-4-8-14/h2-11H,1H3/b16-11-. The molecule has 5 nitrogen and oxygen atoms in total. The summed E-state index contributed by atoms with van der Waals surface area (Å²) in [5.41, 5.74) is 1.62. The lowest BCUT2D eigenvalue weighted by molar-refractivity contribution is -0.132. The van der Waals surface area contributed by atoms with Gasteiger partial charge in [-0.1, -0.05) is 30.3 Å². The maximum atomic E-state index is 11.9. The zero-order chi connectivity index (χ0) is 16.2. The second-order valence-electron chi connectivity index (χ2n) is 4.87. The van der Waals surface area contributed by atoms with E-state index in [0.717, 1.165) is 5.56 Å². The number of carbonyl (C=O) groups excluding carboxylic acids is 2. The molecule has 0 saturated heterocycles. The molecular weight excluding hydrogens is 294 g/mol. The van der Waals surface area contributed by atoms with Crippen LogP contribution in [0.2, 0.25) is 0 Å². The van der Waals surface area contributed by atoms with Gasteiger partial charge < -0.3 is 9.47 Å². The van der Waals surface area contributed by atoms with Gasteiger partial charge in [-0.25, -0.2) is 9.79 Å². The number of carbonyl (C=O) groups is 2. The summed E-state index contributed by atoms with van der Waals surface area (Å²) in [5.74, 6) is -0.232. The van der Waals surface area contributed by atoms with Gasteiger partial charge >= 0.3 is 11.9 Å². The molecule has 0 bridgehead atoms. The predicted octanol–water partition coefficient (Wildman–Crippen LogP) is 2.96. The SMILES string of the molecule is CC(=O)Oc1cccc(/C=C2\N=C(c3ccccc3)OC2=O)c1. The van der Waals surface area contributed by atoms with Crippen LogP contribution < -0.4 is 4.74 Å². The number of rotatable bonds is 3. The molecule has 1 heterocycles. The number of esters is 2. The van der Waals surface area contributed by atoms with Crippen molar-refractivity contribution >= 4 is 23.9 Å². The average molecular weight is 307 g/mol. The Morgan fingerprint density at radius 1 is 1.13 bits per heavy atom. The molecule has 114 valence electrons. The highest BCUT2D eigenvalue weighted by Crippen LogP contribution is 2.21. The largest absolute Gasteiger partial charge is 0.427 e. The molecule has 2 aromatic rings. The summed E-state index contributed by atoms with van der Waals surface area (Å²) in [7, 11) is 0. The Morgan fingerprint density at radius 3 is 2.65 bits per heavy atom. The smallest absolute Gasteiger partial charge is 0.363 e. The van der Waals surface area contributed by atoms with Crippen molar-refractivity contribution in [2.75, 3.05) is 0 Å². The summed E-state index contributed by atoms with van der Waals surface area (Å²) in [4.78, 5) is 27.1. The third-order valence-corrected chi connectivity index (χ3v) is 3.06. The first-order valence-electron chi connectivity index (χ1n) is 6.98. The molecule has 23 heavy (non-hydrogen) atoms. The minimum absolute atomic E-state index is 0.198. The van der Waals surface area contributed by atoms with Gasteiger partial charge in [-0.15, -0.1) is 0 Å². The summed E-state index contributed by atoms with van der Waals surface area (Å²) in [5, 5.41) is 0. The Bertz CT molecular complexity index is 822. The van der Waals surface area contributed by atoms with Crippen molar-refractivity contribution < 1.29 is 19.1 Å². The minimum atomic E-state index is -0.512. The van der Waals surface area contributed by atoms with Crippen molar-refractivity contribution in [1.82, 2.24) is 0 Å². The molecule has 2 aromatic carbocycles. The van der Waals surface area contributed by atoms with Gasteiger partial charge in [0, 0.05) is 12.5 Å². The molecule has 0 atom stereocenters. The van der Waals surface area contributed by atoms with E-state index in [1.54, 1.807) is 30.3 Å². The van der Waals surface area contributed by atoms with E-state index in [1.807, 2.05) is 30.3 Å². The molecule has 0 unspecified atom stereocenters. The van der Waals surface area contributed by atoms with Gasteiger partial charge in [0.1, 0.15) is 5.75 Å². The van der Waals surface area contributed by atoms with Crippen molar-refractivity contribution in [3.05, 3.63) is 71.4 Å². The van der Waals surface area contributed by atoms with E-state index >= 15 is 0 Å². The van der Waals surface area contributed by atoms with Crippen LogP contribution in [0.4, 0.5) is 0 Å². The van der Waals surface area contributed by atoms with Crippen LogP contribution >= 0.6 is 0 Å². The molecule has 1 aliphatic heterocycles. The highest BCUT2D eigenvalue weighted by atomic mass is 16.6. The maximum Gasteiger partial charge on any atom is 0.363 e. The molecule has 1 aliphatic rings. The fraction of sp³-hybridized carbons (Fsp3) is 0.0556. The van der Waals surface area contributed by atoms with Gasteiger partial charge in [-0.3, -0.25) is 4.79 Å². The van der Waals surface area contributed by atoms with Crippen molar-refractivity contribution in [1.29, 1.82) is 0 Å². The first kappa shape index (κ1) is 14.7. The molecule has 0 N–H and O–H groups in total. The van der Waals surface area contributed by atoms with E-state index in [9.17, 15) is 9.59 Å². The van der Waals surface area contributed by atoms with E-state index in [0.29, 0.717) is 11.3 Å². The number of nitrogens with zero attached hydrogens (tertiary/aromatic N) is 1. The number of benzene rings is 2. The molecule has 0 spiro atoms. The lowest BCUT2D eigenvalue weighted by Gasteiger charge is -2.01. The number of hydrogen-bond acceptors (Lipinski definition) is 5. The van der Waals surface area contributed by atoms with Crippen LogP contribution in [0.5, 0.6) is 5.75 Å². The molecule has 0 radical (unpaired) electrons. The number of aliphatic imine (C=N–C) groups is 1. The molecule has 0 aromatic heterocycles. The van der Waals surface area contributed by atoms with Crippen molar-refractivity contribution in [3.8, 4) is 5.75 Å². The molecule has 0 saturated carbocycles. The Kier molecular flexibility index (Phi) is 4.01. The maximum absolute atomic E-state index is 11.9. The topological polar surface area (TPSA) is 65.0 Å². The third-order valence-electron chi connectivity index (χ3n) is 3.06. The Balaban J connectivity index is 1.89. The quantitative estimate of drug-likeness (QED) is 0.497. The van der Waals surface area contributed by atoms with Gasteiger partial charge in [-0.2, -0.15) is 0 Å². The molecule has 3 rings (SSSR count).